The fourth-order valence-corrected chi connectivity index (χ4v) is 8.02. The van der Waals surface area contributed by atoms with E-state index >= 15 is 0 Å². The van der Waals surface area contributed by atoms with Gasteiger partial charge in [0.1, 0.15) is 17.8 Å². The molecule has 258 valence electrons. The largest absolute Gasteiger partial charge is 0.508 e. The molecule has 3 rings (SSSR count). The second-order valence-electron chi connectivity index (χ2n) is 12.6. The molecule has 0 bridgehead atoms. The first-order chi connectivity index (χ1) is 21.6. The molecule has 0 saturated carbocycles. The van der Waals surface area contributed by atoms with E-state index in [1.165, 1.54) is 28.7 Å². The Bertz CT molecular complexity index is 1430. The van der Waals surface area contributed by atoms with Gasteiger partial charge in [0.2, 0.25) is 17.7 Å². The van der Waals surface area contributed by atoms with Gasteiger partial charge in [-0.25, -0.2) is 4.79 Å². The normalized spacial score (nSPS) is 22.7. The van der Waals surface area contributed by atoms with Gasteiger partial charge >= 0.3 is 5.97 Å². The van der Waals surface area contributed by atoms with Gasteiger partial charge in [-0.3, -0.25) is 14.4 Å². The molecule has 0 saturated heterocycles. The summed E-state index contributed by atoms with van der Waals surface area (Å²) < 4.78 is 3.32. The Hall–Kier alpha value is -3.19. The first kappa shape index (κ1) is 40.0. The molecule has 47 heavy (non-hydrogen) atoms. The van der Waals surface area contributed by atoms with Crippen LogP contribution in [0, 0.1) is 19.8 Å². The summed E-state index contributed by atoms with van der Waals surface area (Å²) in [6.07, 6.45) is 4.02. The number of phenols is 1. The monoisotopic (exact) mass is 706 g/mol. The van der Waals surface area contributed by atoms with Crippen molar-refractivity contribution in [1.82, 2.24) is 16.0 Å². The van der Waals surface area contributed by atoms with E-state index in [0.29, 0.717) is 6.42 Å². The maximum atomic E-state index is 13.7. The average molecular weight is 707 g/mol. The molecule has 6 N–H and O–H groups in total. The highest BCUT2D eigenvalue weighted by Gasteiger charge is 2.44. The topological polar surface area (TPSA) is 160 Å². The van der Waals surface area contributed by atoms with Gasteiger partial charge in [0.15, 0.2) is 0 Å². The number of phenolic OH excluding ortho intramolecular Hbond substituents is 1. The number of esters is 1. The van der Waals surface area contributed by atoms with Crippen molar-refractivity contribution in [3.05, 3.63) is 76.9 Å². The van der Waals surface area contributed by atoms with E-state index in [1.54, 1.807) is 24.3 Å². The fraction of sp³-hybridized carbons (Fsp3) is 0.471. The second-order valence-corrected chi connectivity index (χ2v) is 16.1. The molecule has 1 unspecified atom stereocenters. The quantitative estimate of drug-likeness (QED) is 0.163. The lowest BCUT2D eigenvalue weighted by molar-refractivity contribution is -0.146. The van der Waals surface area contributed by atoms with Gasteiger partial charge in [-0.15, -0.1) is 12.4 Å². The molecule has 10 nitrogen and oxygen atoms in total. The van der Waals surface area contributed by atoms with E-state index in [0.717, 1.165) is 22.3 Å². The van der Waals surface area contributed by atoms with Crippen LogP contribution in [0.25, 0.3) is 0 Å². The summed E-state index contributed by atoms with van der Waals surface area (Å²) in [5, 5.41) is 18.6. The Labute approximate surface area is 291 Å². The van der Waals surface area contributed by atoms with E-state index in [4.69, 9.17) is 10.5 Å². The fourth-order valence-electron chi connectivity index (χ4n) is 5.21. The third-order valence-electron chi connectivity index (χ3n) is 7.97. The third kappa shape index (κ3) is 10.9. The van der Waals surface area contributed by atoms with Crippen molar-refractivity contribution in [3.8, 4) is 5.75 Å². The number of benzene rings is 2. The zero-order chi connectivity index (χ0) is 34.2. The van der Waals surface area contributed by atoms with E-state index in [1.807, 2.05) is 71.9 Å². The van der Waals surface area contributed by atoms with Crippen LogP contribution in [-0.4, -0.2) is 70.1 Å². The van der Waals surface area contributed by atoms with Crippen LogP contribution in [0.15, 0.2) is 54.6 Å². The summed E-state index contributed by atoms with van der Waals surface area (Å²) in [4.78, 5) is 53.7. The average Bonchev–Trinajstić information content (AvgIpc) is 3.00. The summed E-state index contributed by atoms with van der Waals surface area (Å²) in [7, 11) is 3.91. The lowest BCUT2D eigenvalue weighted by atomic mass is 9.95. The number of carbonyl (C=O) groups excluding carboxylic acids is 4. The van der Waals surface area contributed by atoms with Crippen LogP contribution in [0.4, 0.5) is 0 Å². The zero-order valence-corrected chi connectivity index (χ0v) is 30.4. The number of rotatable bonds is 7. The van der Waals surface area contributed by atoms with Crippen LogP contribution in [0.5, 0.6) is 5.75 Å². The number of aromatic hydroxyl groups is 1. The molecule has 0 spiro atoms. The predicted molar refractivity (Wildman–Crippen MR) is 192 cm³/mol. The van der Waals surface area contributed by atoms with Gasteiger partial charge in [0, 0.05) is 11.3 Å². The molecule has 0 fully saturated rings. The van der Waals surface area contributed by atoms with E-state index in [9.17, 15) is 24.3 Å². The number of hydrogen-bond acceptors (Lipinski definition) is 9. The van der Waals surface area contributed by atoms with Crippen molar-refractivity contribution < 1.29 is 29.0 Å². The summed E-state index contributed by atoms with van der Waals surface area (Å²) in [6, 6.07) is 9.82. The Morgan fingerprint density at radius 2 is 1.64 bits per heavy atom. The van der Waals surface area contributed by atoms with Gasteiger partial charge < -0.3 is 31.5 Å². The zero-order valence-electron chi connectivity index (χ0n) is 27.9. The molecule has 4 atom stereocenters. The summed E-state index contributed by atoms with van der Waals surface area (Å²) in [5.74, 6) is -2.32. The third-order valence-corrected chi connectivity index (χ3v) is 12.2. The van der Waals surface area contributed by atoms with Crippen molar-refractivity contribution in [3.63, 3.8) is 0 Å². The predicted octanol–water partition coefficient (Wildman–Crippen LogP) is 3.93. The first-order valence-electron chi connectivity index (χ1n) is 15.1. The number of halogens is 1. The van der Waals surface area contributed by atoms with Gasteiger partial charge in [-0.2, -0.15) is 0 Å². The molecule has 3 amide bonds. The molecule has 13 heteroatoms. The number of nitrogens with two attached hydrogens (primary N) is 1. The molecule has 0 aromatic heterocycles. The summed E-state index contributed by atoms with van der Waals surface area (Å²) in [5.41, 5.74) is 9.79. The smallest absolute Gasteiger partial charge is 0.329 e. The molecular formula is C34H47ClN4O6S2. The minimum atomic E-state index is -1.00. The molecule has 1 heterocycles. The Balaban J connectivity index is 0.00000768. The van der Waals surface area contributed by atoms with Crippen LogP contribution in [0.2, 0.25) is 0 Å². The van der Waals surface area contributed by atoms with Gasteiger partial charge in [-0.1, -0.05) is 64.1 Å². The van der Waals surface area contributed by atoms with Gasteiger partial charge in [0.05, 0.1) is 23.8 Å². The number of amides is 3. The molecular weight excluding hydrogens is 660 g/mol. The minimum absolute atomic E-state index is 0. The van der Waals surface area contributed by atoms with Crippen LogP contribution in [-0.2, 0) is 36.8 Å². The molecule has 1 aliphatic heterocycles. The molecule has 1 aliphatic rings. The molecule has 2 aromatic rings. The molecule has 0 radical (unpaired) electrons. The number of methoxy groups -OCH3 is 1. The highest BCUT2D eigenvalue weighted by atomic mass is 35.5. The summed E-state index contributed by atoms with van der Waals surface area (Å²) >= 11 is 0. The maximum Gasteiger partial charge on any atom is 0.329 e. The SMILES string of the molecule is COC(=O)[C@H]1NC(=O)C(Cc2ccccc2)/C=C\CNC(=O)[C@@H](NC(=O)[C@@H](N)Cc2c(C)cc(O)cc2C)C(C)(C)SSC1(C)C.Cl. The molecule has 0 aliphatic carbocycles. The Morgan fingerprint density at radius 3 is 2.23 bits per heavy atom. The number of nitrogens with one attached hydrogen (secondary N) is 3. The van der Waals surface area contributed by atoms with E-state index < -0.39 is 51.3 Å². The maximum absolute atomic E-state index is 13.7. The lowest BCUT2D eigenvalue weighted by Gasteiger charge is -2.38. The van der Waals surface area contributed by atoms with E-state index in [2.05, 4.69) is 16.0 Å². The van der Waals surface area contributed by atoms with Crippen LogP contribution < -0.4 is 21.7 Å². The van der Waals surface area contributed by atoms with Crippen LogP contribution in [0.1, 0.15) is 49.9 Å². The highest BCUT2D eigenvalue weighted by Crippen LogP contribution is 2.47. The molecule has 2 aromatic carbocycles. The van der Waals surface area contributed by atoms with Gasteiger partial charge in [-0.05, 0) is 88.8 Å². The highest BCUT2D eigenvalue weighted by molar-refractivity contribution is 8.77. The van der Waals surface area contributed by atoms with Crippen molar-refractivity contribution >= 4 is 57.7 Å². The van der Waals surface area contributed by atoms with Crippen LogP contribution >= 0.6 is 34.0 Å². The Morgan fingerprint density at radius 1 is 1.04 bits per heavy atom. The van der Waals surface area contributed by atoms with Gasteiger partial charge in [0.25, 0.3) is 0 Å². The van der Waals surface area contributed by atoms with Crippen molar-refractivity contribution in [2.24, 2.45) is 11.7 Å². The first-order valence-corrected chi connectivity index (χ1v) is 17.3. The number of hydrogen-bond donors (Lipinski definition) is 5. The lowest BCUT2D eigenvalue weighted by Crippen LogP contribution is -2.59. The number of carbonyl (C=O) groups is 4. The Kier molecular flexibility index (Phi) is 14.7. The van der Waals surface area contributed by atoms with Crippen molar-refractivity contribution in [2.75, 3.05) is 13.7 Å². The van der Waals surface area contributed by atoms with Crippen LogP contribution in [0.3, 0.4) is 0 Å². The minimum Gasteiger partial charge on any atom is -0.508 e. The van der Waals surface area contributed by atoms with Crippen molar-refractivity contribution in [2.45, 2.75) is 82.0 Å². The second kappa shape index (κ2) is 17.3. The van der Waals surface area contributed by atoms with E-state index in [-0.39, 0.29) is 37.0 Å². The number of ether oxygens (including phenoxy) is 1. The summed E-state index contributed by atoms with van der Waals surface area (Å²) in [6.45, 7) is 11.1. The standard InChI is InChI=1S/C34H46N4O6S2.ClH/c1-20-16-24(39)17-21(2)25(20)19-26(35)30(41)37-27-31(42)36-15-11-14-23(18-22-12-9-8-10-13-22)29(40)38-28(32(43)44-7)34(5,6)46-45-33(27,3)4;/h8-14,16-17,23,26-28,39H,15,18-19,35H2,1-7H3,(H,36,42)(H,37,41)(H,38,40);1H/b14-11-;/t23?,26-,27+,28+;/m0./s1. The number of aryl methyl sites for hydroxylation is 2. The van der Waals surface area contributed by atoms with Crippen molar-refractivity contribution in [1.29, 1.82) is 0 Å².